The van der Waals surface area contributed by atoms with E-state index in [0.29, 0.717) is 25.9 Å². The molecule has 1 aliphatic heterocycles. The van der Waals surface area contributed by atoms with Crippen LogP contribution in [0.15, 0.2) is 24.3 Å². The molecule has 3 N–H and O–H groups in total. The number of likely N-dealkylation sites (tertiary alicyclic amines) is 1. The minimum absolute atomic E-state index is 0.0714. The van der Waals surface area contributed by atoms with Crippen molar-refractivity contribution in [3.05, 3.63) is 29.8 Å². The number of aromatic hydroxyl groups is 1. The summed E-state index contributed by atoms with van der Waals surface area (Å²) in [7, 11) is 0. The average molecular weight is 332 g/mol. The number of nitrogens with zero attached hydrogens (tertiary/aromatic N) is 1. The summed E-state index contributed by atoms with van der Waals surface area (Å²) in [5.41, 5.74) is 0.203. The number of amides is 2. The van der Waals surface area contributed by atoms with E-state index < -0.39 is 11.4 Å². The first-order valence-corrected chi connectivity index (χ1v) is 8.47. The van der Waals surface area contributed by atoms with Gasteiger partial charge in [-0.05, 0) is 49.8 Å². The Balaban J connectivity index is 1.59. The highest BCUT2D eigenvalue weighted by Crippen LogP contribution is 2.48. The molecule has 24 heavy (non-hydrogen) atoms. The number of phenols is 1. The minimum Gasteiger partial charge on any atom is -0.508 e. The lowest BCUT2D eigenvalue weighted by Crippen LogP contribution is -2.45. The zero-order valence-electron chi connectivity index (χ0n) is 13.9. The number of rotatable bonds is 4. The van der Waals surface area contributed by atoms with E-state index in [-0.39, 0.29) is 23.7 Å². The van der Waals surface area contributed by atoms with Gasteiger partial charge in [0.25, 0.3) is 0 Å². The van der Waals surface area contributed by atoms with Crippen molar-refractivity contribution >= 4 is 12.0 Å². The number of benzene rings is 1. The van der Waals surface area contributed by atoms with Crippen molar-refractivity contribution in [1.29, 1.82) is 0 Å². The van der Waals surface area contributed by atoms with Crippen molar-refractivity contribution in [3.63, 3.8) is 0 Å². The molecule has 2 aliphatic rings. The third-order valence-corrected chi connectivity index (χ3v) is 5.41. The van der Waals surface area contributed by atoms with Crippen molar-refractivity contribution in [1.82, 2.24) is 10.2 Å². The van der Waals surface area contributed by atoms with Gasteiger partial charge in [0.05, 0.1) is 5.41 Å². The van der Waals surface area contributed by atoms with E-state index in [2.05, 4.69) is 5.32 Å². The lowest BCUT2D eigenvalue weighted by atomic mass is 9.81. The Kier molecular flexibility index (Phi) is 4.39. The molecule has 0 radical (unpaired) electrons. The fourth-order valence-corrected chi connectivity index (χ4v) is 4.18. The zero-order chi connectivity index (χ0) is 17.3. The normalized spacial score (nSPS) is 26.9. The van der Waals surface area contributed by atoms with Gasteiger partial charge in [0, 0.05) is 19.1 Å². The monoisotopic (exact) mass is 332 g/mol. The van der Waals surface area contributed by atoms with Gasteiger partial charge in [-0.25, -0.2) is 4.79 Å². The second-order valence-electron chi connectivity index (χ2n) is 7.16. The van der Waals surface area contributed by atoms with Crippen LogP contribution in [0, 0.1) is 11.3 Å². The molecule has 3 rings (SSSR count). The van der Waals surface area contributed by atoms with E-state index in [4.69, 9.17) is 0 Å². The van der Waals surface area contributed by atoms with Crippen molar-refractivity contribution in [3.8, 4) is 5.75 Å². The van der Waals surface area contributed by atoms with Crippen LogP contribution in [0.1, 0.15) is 31.7 Å². The third kappa shape index (κ3) is 3.05. The molecule has 1 aliphatic carbocycles. The van der Waals surface area contributed by atoms with Crippen molar-refractivity contribution in [2.24, 2.45) is 11.3 Å². The fraction of sp³-hybridized carbons (Fsp3) is 0.556. The summed E-state index contributed by atoms with van der Waals surface area (Å²) in [5, 5.41) is 22.0. The van der Waals surface area contributed by atoms with Crippen molar-refractivity contribution < 1.29 is 19.8 Å². The van der Waals surface area contributed by atoms with Gasteiger partial charge in [-0.15, -0.1) is 0 Å². The van der Waals surface area contributed by atoms with Gasteiger partial charge in [0.1, 0.15) is 5.75 Å². The Morgan fingerprint density at radius 2 is 2.25 bits per heavy atom. The highest BCUT2D eigenvalue weighted by atomic mass is 16.4. The fourth-order valence-electron chi connectivity index (χ4n) is 4.18. The second-order valence-corrected chi connectivity index (χ2v) is 7.16. The number of urea groups is 1. The van der Waals surface area contributed by atoms with Crippen molar-refractivity contribution in [2.75, 3.05) is 13.1 Å². The zero-order valence-corrected chi connectivity index (χ0v) is 13.9. The maximum atomic E-state index is 12.5. The number of carboxylic acids is 1. The van der Waals surface area contributed by atoms with Crippen LogP contribution < -0.4 is 5.32 Å². The van der Waals surface area contributed by atoms with Crippen LogP contribution in [-0.4, -0.2) is 46.2 Å². The summed E-state index contributed by atoms with van der Waals surface area (Å²) in [5.74, 6) is -0.489. The summed E-state index contributed by atoms with van der Waals surface area (Å²) in [6.45, 7) is 2.74. The molecule has 1 heterocycles. The van der Waals surface area contributed by atoms with E-state index >= 15 is 0 Å². The molecule has 2 fully saturated rings. The van der Waals surface area contributed by atoms with Gasteiger partial charge in [-0.1, -0.05) is 18.6 Å². The van der Waals surface area contributed by atoms with E-state index in [1.54, 1.807) is 23.1 Å². The second kappa shape index (κ2) is 6.34. The van der Waals surface area contributed by atoms with Gasteiger partial charge in [0.2, 0.25) is 0 Å². The molecular weight excluding hydrogens is 308 g/mol. The molecule has 1 aromatic carbocycles. The predicted molar refractivity (Wildman–Crippen MR) is 88.8 cm³/mol. The maximum Gasteiger partial charge on any atom is 0.317 e. The van der Waals surface area contributed by atoms with E-state index in [9.17, 15) is 19.8 Å². The minimum atomic E-state index is -0.770. The van der Waals surface area contributed by atoms with Gasteiger partial charge >= 0.3 is 12.0 Å². The summed E-state index contributed by atoms with van der Waals surface area (Å²) < 4.78 is 0. The van der Waals surface area contributed by atoms with Crippen LogP contribution in [-0.2, 0) is 11.2 Å². The maximum absolute atomic E-state index is 12.5. The summed E-state index contributed by atoms with van der Waals surface area (Å²) in [6, 6.07) is 6.68. The standard InChI is InChI=1S/C18H24N2O4/c1-12(8-13-4-2-6-15(21)9-13)19-17(24)20-10-14-5-3-7-18(14,11-20)16(22)23/h2,4,6,9,12,14,21H,3,5,7-8,10-11H2,1H3,(H,19,24)(H,22,23)/t12?,14-,18+/m0/s1. The van der Waals surface area contributed by atoms with Crippen LogP contribution in [0.3, 0.4) is 0 Å². The molecule has 1 saturated carbocycles. The van der Waals surface area contributed by atoms with Crippen LogP contribution in [0.25, 0.3) is 0 Å². The molecule has 2 amide bonds. The number of hydrogen-bond acceptors (Lipinski definition) is 3. The van der Waals surface area contributed by atoms with Gasteiger partial charge in [-0.3, -0.25) is 4.79 Å². The SMILES string of the molecule is CC(Cc1cccc(O)c1)NC(=O)N1C[C@@H]2CCC[C@@]2(C(=O)O)C1. The molecule has 130 valence electrons. The number of carbonyl (C=O) groups excluding carboxylic acids is 1. The molecule has 6 heteroatoms. The Bertz CT molecular complexity index is 648. The summed E-state index contributed by atoms with van der Waals surface area (Å²) in [6.07, 6.45) is 3.09. The lowest BCUT2D eigenvalue weighted by Gasteiger charge is -2.24. The summed E-state index contributed by atoms with van der Waals surface area (Å²) >= 11 is 0. The molecule has 0 bridgehead atoms. The Morgan fingerprint density at radius 3 is 2.92 bits per heavy atom. The lowest BCUT2D eigenvalue weighted by molar-refractivity contribution is -0.149. The van der Waals surface area contributed by atoms with Gasteiger partial charge in [-0.2, -0.15) is 0 Å². The molecule has 1 aromatic rings. The first kappa shape index (κ1) is 16.6. The average Bonchev–Trinajstić information content (AvgIpc) is 3.04. The van der Waals surface area contributed by atoms with Crippen LogP contribution in [0.2, 0.25) is 0 Å². The molecule has 6 nitrogen and oxygen atoms in total. The highest BCUT2D eigenvalue weighted by molar-refractivity contribution is 5.80. The number of fused-ring (bicyclic) bond motifs is 1. The van der Waals surface area contributed by atoms with Crippen LogP contribution in [0.5, 0.6) is 5.75 Å². The number of hydrogen-bond donors (Lipinski definition) is 3. The van der Waals surface area contributed by atoms with Gasteiger partial charge < -0.3 is 20.4 Å². The third-order valence-electron chi connectivity index (χ3n) is 5.41. The number of carbonyl (C=O) groups is 2. The predicted octanol–water partition coefficient (Wildman–Crippen LogP) is 2.22. The Labute approximate surface area is 141 Å². The van der Waals surface area contributed by atoms with Gasteiger partial charge in [0.15, 0.2) is 0 Å². The molecule has 3 atom stereocenters. The first-order valence-electron chi connectivity index (χ1n) is 8.47. The van der Waals surface area contributed by atoms with Crippen molar-refractivity contribution in [2.45, 2.75) is 38.6 Å². The number of phenolic OH excluding ortho intramolecular Hbond substituents is 1. The number of nitrogens with one attached hydrogen (secondary N) is 1. The van der Waals surface area contributed by atoms with Crippen LogP contribution >= 0.6 is 0 Å². The smallest absolute Gasteiger partial charge is 0.317 e. The molecule has 0 aromatic heterocycles. The topological polar surface area (TPSA) is 89.9 Å². The van der Waals surface area contributed by atoms with E-state index in [1.807, 2.05) is 13.0 Å². The summed E-state index contributed by atoms with van der Waals surface area (Å²) in [4.78, 5) is 25.8. The number of aliphatic carboxylic acids is 1. The molecule has 1 unspecified atom stereocenters. The Hall–Kier alpha value is -2.24. The van der Waals surface area contributed by atoms with Crippen LogP contribution in [0.4, 0.5) is 4.79 Å². The molecule has 1 saturated heterocycles. The quantitative estimate of drug-likeness (QED) is 0.788. The van der Waals surface area contributed by atoms with E-state index in [1.165, 1.54) is 0 Å². The highest BCUT2D eigenvalue weighted by Gasteiger charge is 2.55. The largest absolute Gasteiger partial charge is 0.508 e. The number of carboxylic acid groups (broad SMARTS) is 1. The molecule has 0 spiro atoms. The van der Waals surface area contributed by atoms with E-state index in [0.717, 1.165) is 18.4 Å². The molecular formula is C18H24N2O4. The first-order chi connectivity index (χ1) is 11.4. The Morgan fingerprint density at radius 1 is 1.46 bits per heavy atom.